The number of nitrogens with zero attached hydrogens (tertiary/aromatic N) is 3. The van der Waals surface area contributed by atoms with Gasteiger partial charge in [0.25, 0.3) is 0 Å². The molecule has 3 nitrogen and oxygen atoms in total. The van der Waals surface area contributed by atoms with Crippen LogP contribution in [-0.4, -0.2) is 39.5 Å². The number of rotatable bonds is 8. The molecule has 1 aromatic heterocycles. The van der Waals surface area contributed by atoms with Gasteiger partial charge in [-0.05, 0) is 12.8 Å². The largest absolute Gasteiger partial charge is 0.338 e. The molecule has 0 aliphatic rings. The van der Waals surface area contributed by atoms with Crippen molar-refractivity contribution in [2.24, 2.45) is 7.05 Å². The first kappa shape index (κ1) is 14.5. The molecule has 0 aliphatic carbocycles. The Morgan fingerprint density at radius 2 is 2.06 bits per heavy atom. The molecule has 0 unspecified atom stereocenters. The van der Waals surface area contributed by atoms with Gasteiger partial charge in [0.1, 0.15) is 5.82 Å². The maximum absolute atomic E-state index is 5.88. The number of hydrogen-bond acceptors (Lipinski definition) is 2. The van der Waals surface area contributed by atoms with Crippen LogP contribution in [0, 0.1) is 0 Å². The van der Waals surface area contributed by atoms with E-state index in [1.165, 1.54) is 12.8 Å². The standard InChI is InChI=1S/C13H24ClN3/c1-4-12(5-2)17(10-7-14)9-6-13-15-8-11-16(13)3/h8,11-12H,4-7,9-10H2,1-3H3. The van der Waals surface area contributed by atoms with Crippen molar-refractivity contribution >= 4 is 11.6 Å². The fraction of sp³-hybridized carbons (Fsp3) is 0.769. The van der Waals surface area contributed by atoms with Crippen molar-refractivity contribution in [3.8, 4) is 0 Å². The van der Waals surface area contributed by atoms with Gasteiger partial charge in [-0.1, -0.05) is 13.8 Å². The zero-order valence-corrected chi connectivity index (χ0v) is 12.0. The minimum Gasteiger partial charge on any atom is -0.338 e. The molecule has 0 N–H and O–H groups in total. The van der Waals surface area contributed by atoms with Gasteiger partial charge in [0.2, 0.25) is 0 Å². The van der Waals surface area contributed by atoms with Crippen molar-refractivity contribution < 1.29 is 0 Å². The molecule has 1 aromatic rings. The number of imidazole rings is 1. The highest BCUT2D eigenvalue weighted by Crippen LogP contribution is 2.10. The summed E-state index contributed by atoms with van der Waals surface area (Å²) >= 11 is 5.88. The summed E-state index contributed by atoms with van der Waals surface area (Å²) in [5, 5.41) is 0. The Bertz CT molecular complexity index is 307. The normalized spacial score (nSPS) is 11.6. The molecule has 0 saturated carbocycles. The van der Waals surface area contributed by atoms with Crippen molar-refractivity contribution in [1.82, 2.24) is 14.5 Å². The molecule has 1 rings (SSSR count). The quantitative estimate of drug-likeness (QED) is 0.668. The van der Waals surface area contributed by atoms with Gasteiger partial charge in [-0.2, -0.15) is 0 Å². The summed E-state index contributed by atoms with van der Waals surface area (Å²) in [4.78, 5) is 6.85. The maximum atomic E-state index is 5.88. The average Bonchev–Trinajstić information content (AvgIpc) is 2.73. The van der Waals surface area contributed by atoms with Crippen LogP contribution in [0.15, 0.2) is 12.4 Å². The first-order valence-electron chi connectivity index (χ1n) is 6.49. The van der Waals surface area contributed by atoms with Gasteiger partial charge in [-0.3, -0.25) is 4.90 Å². The third-order valence-corrected chi connectivity index (χ3v) is 3.54. The van der Waals surface area contributed by atoms with E-state index in [0.29, 0.717) is 11.9 Å². The molecule has 0 radical (unpaired) electrons. The van der Waals surface area contributed by atoms with Crippen LogP contribution >= 0.6 is 11.6 Å². The van der Waals surface area contributed by atoms with Crippen LogP contribution in [0.3, 0.4) is 0 Å². The highest BCUT2D eigenvalue weighted by molar-refractivity contribution is 6.18. The zero-order valence-electron chi connectivity index (χ0n) is 11.2. The molecule has 1 heterocycles. The lowest BCUT2D eigenvalue weighted by Crippen LogP contribution is -2.37. The fourth-order valence-corrected chi connectivity index (χ4v) is 2.49. The van der Waals surface area contributed by atoms with Crippen LogP contribution in [0.25, 0.3) is 0 Å². The first-order chi connectivity index (χ1) is 8.22. The van der Waals surface area contributed by atoms with Gasteiger partial charge in [-0.15, -0.1) is 11.6 Å². The van der Waals surface area contributed by atoms with Gasteiger partial charge in [0.05, 0.1) is 0 Å². The SMILES string of the molecule is CCC(CC)N(CCCl)CCc1nccn1C. The Morgan fingerprint density at radius 3 is 2.53 bits per heavy atom. The van der Waals surface area contributed by atoms with Crippen molar-refractivity contribution in [1.29, 1.82) is 0 Å². The molecule has 0 saturated heterocycles. The second-order valence-corrected chi connectivity index (χ2v) is 4.78. The van der Waals surface area contributed by atoms with Crippen LogP contribution in [-0.2, 0) is 13.5 Å². The molecule has 0 spiro atoms. The van der Waals surface area contributed by atoms with E-state index >= 15 is 0 Å². The molecule has 98 valence electrons. The molecule has 17 heavy (non-hydrogen) atoms. The van der Waals surface area contributed by atoms with Crippen molar-refractivity contribution in [3.63, 3.8) is 0 Å². The average molecular weight is 258 g/mol. The van der Waals surface area contributed by atoms with Crippen LogP contribution in [0.5, 0.6) is 0 Å². The second-order valence-electron chi connectivity index (χ2n) is 4.40. The predicted octanol–water partition coefficient (Wildman–Crippen LogP) is 2.69. The second kappa shape index (κ2) is 7.72. The highest BCUT2D eigenvalue weighted by Gasteiger charge is 2.14. The maximum Gasteiger partial charge on any atom is 0.109 e. The van der Waals surface area contributed by atoms with Crippen LogP contribution in [0.4, 0.5) is 0 Å². The van der Waals surface area contributed by atoms with Crippen molar-refractivity contribution in [2.75, 3.05) is 19.0 Å². The van der Waals surface area contributed by atoms with E-state index in [9.17, 15) is 0 Å². The molecule has 0 amide bonds. The monoisotopic (exact) mass is 257 g/mol. The van der Waals surface area contributed by atoms with E-state index < -0.39 is 0 Å². The van der Waals surface area contributed by atoms with Crippen molar-refractivity contribution in [3.05, 3.63) is 18.2 Å². The van der Waals surface area contributed by atoms with Gasteiger partial charge in [0.15, 0.2) is 0 Å². The Kier molecular flexibility index (Phi) is 6.60. The number of aryl methyl sites for hydroxylation is 1. The number of halogens is 1. The summed E-state index contributed by atoms with van der Waals surface area (Å²) in [6.45, 7) is 6.51. The Hall–Kier alpha value is -0.540. The van der Waals surface area contributed by atoms with Crippen molar-refractivity contribution in [2.45, 2.75) is 39.2 Å². The van der Waals surface area contributed by atoms with Crippen LogP contribution in [0.1, 0.15) is 32.5 Å². The fourth-order valence-electron chi connectivity index (χ4n) is 2.27. The lowest BCUT2D eigenvalue weighted by Gasteiger charge is -2.29. The molecule has 0 aliphatic heterocycles. The number of aromatic nitrogens is 2. The van der Waals surface area contributed by atoms with Gasteiger partial charge in [0, 0.05) is 50.9 Å². The smallest absolute Gasteiger partial charge is 0.109 e. The Balaban J connectivity index is 2.52. The topological polar surface area (TPSA) is 21.1 Å². The predicted molar refractivity (Wildman–Crippen MR) is 73.6 cm³/mol. The van der Waals surface area contributed by atoms with Crippen LogP contribution in [0.2, 0.25) is 0 Å². The van der Waals surface area contributed by atoms with E-state index in [1.54, 1.807) is 0 Å². The number of alkyl halides is 1. The lowest BCUT2D eigenvalue weighted by molar-refractivity contribution is 0.197. The summed E-state index contributed by atoms with van der Waals surface area (Å²) < 4.78 is 2.09. The summed E-state index contributed by atoms with van der Waals surface area (Å²) in [5.74, 6) is 1.85. The lowest BCUT2D eigenvalue weighted by atomic mass is 10.1. The third-order valence-electron chi connectivity index (χ3n) is 3.37. The minimum atomic E-state index is 0.647. The molecular weight excluding hydrogens is 234 g/mol. The highest BCUT2D eigenvalue weighted by atomic mass is 35.5. The zero-order chi connectivity index (χ0) is 12.7. The van der Waals surface area contributed by atoms with Crippen LogP contribution < -0.4 is 0 Å². The van der Waals surface area contributed by atoms with Gasteiger partial charge >= 0.3 is 0 Å². The van der Waals surface area contributed by atoms with Gasteiger partial charge < -0.3 is 4.57 Å². The Morgan fingerprint density at radius 1 is 1.35 bits per heavy atom. The van der Waals surface area contributed by atoms with E-state index in [4.69, 9.17) is 11.6 Å². The van der Waals surface area contributed by atoms with E-state index in [2.05, 4.69) is 28.3 Å². The molecular formula is C13H24ClN3. The Labute approximate surface area is 110 Å². The van der Waals surface area contributed by atoms with E-state index in [0.717, 1.165) is 25.3 Å². The number of hydrogen-bond donors (Lipinski definition) is 0. The summed E-state index contributed by atoms with van der Waals surface area (Å²) in [6.07, 6.45) is 7.23. The first-order valence-corrected chi connectivity index (χ1v) is 7.02. The molecule has 4 heteroatoms. The molecule has 0 fully saturated rings. The van der Waals surface area contributed by atoms with E-state index in [-0.39, 0.29) is 0 Å². The summed E-state index contributed by atoms with van der Waals surface area (Å²) in [7, 11) is 2.05. The summed E-state index contributed by atoms with van der Waals surface area (Å²) in [6, 6.07) is 0.647. The van der Waals surface area contributed by atoms with Gasteiger partial charge in [-0.25, -0.2) is 4.98 Å². The minimum absolute atomic E-state index is 0.647. The molecule has 0 aromatic carbocycles. The third kappa shape index (κ3) is 4.32. The van der Waals surface area contributed by atoms with E-state index in [1.807, 2.05) is 19.4 Å². The molecule has 0 bridgehead atoms. The molecule has 0 atom stereocenters. The summed E-state index contributed by atoms with van der Waals surface area (Å²) in [5.41, 5.74) is 0.